The first-order chi connectivity index (χ1) is 10.3. The number of carbonyl (C=O) groups excluding carboxylic acids is 1. The van der Waals surface area contributed by atoms with Gasteiger partial charge in [-0.2, -0.15) is 0 Å². The summed E-state index contributed by atoms with van der Waals surface area (Å²) in [5.74, 6) is 0.375. The molecule has 22 heavy (non-hydrogen) atoms. The van der Waals surface area contributed by atoms with Gasteiger partial charge in [0.1, 0.15) is 0 Å². The van der Waals surface area contributed by atoms with Gasteiger partial charge in [-0.05, 0) is 44.9 Å². The van der Waals surface area contributed by atoms with Gasteiger partial charge < -0.3 is 4.90 Å². The molecule has 0 bridgehead atoms. The Hall–Kier alpha value is -0.530. The van der Waals surface area contributed by atoms with Crippen molar-refractivity contribution in [2.45, 2.75) is 117 Å². The van der Waals surface area contributed by atoms with E-state index in [-0.39, 0.29) is 11.0 Å². The first kappa shape index (κ1) is 19.5. The van der Waals surface area contributed by atoms with Crippen molar-refractivity contribution in [2.24, 2.45) is 5.41 Å². The maximum atomic E-state index is 13.0. The van der Waals surface area contributed by atoms with Crippen LogP contribution in [0.4, 0.5) is 0 Å². The maximum Gasteiger partial charge on any atom is 0.223 e. The van der Waals surface area contributed by atoms with Crippen molar-refractivity contribution >= 4 is 5.91 Å². The third kappa shape index (κ3) is 4.99. The Morgan fingerprint density at radius 3 is 2.09 bits per heavy atom. The van der Waals surface area contributed by atoms with Crippen molar-refractivity contribution in [1.29, 1.82) is 0 Å². The van der Waals surface area contributed by atoms with Gasteiger partial charge in [-0.3, -0.25) is 4.79 Å². The van der Waals surface area contributed by atoms with Crippen molar-refractivity contribution in [2.75, 3.05) is 0 Å². The highest BCUT2D eigenvalue weighted by atomic mass is 16.2. The maximum absolute atomic E-state index is 13.0. The molecule has 1 rings (SSSR count). The molecule has 0 spiro atoms. The lowest BCUT2D eigenvalue weighted by molar-refractivity contribution is -0.145. The zero-order valence-electron chi connectivity index (χ0n) is 16.0. The van der Waals surface area contributed by atoms with Crippen molar-refractivity contribution < 1.29 is 4.79 Å². The number of nitrogens with zero attached hydrogens (tertiary/aromatic N) is 1. The Balaban J connectivity index is 3.20. The molecule has 1 fully saturated rings. The highest BCUT2D eigenvalue weighted by Gasteiger charge is 2.42. The van der Waals surface area contributed by atoms with Gasteiger partial charge in [0.2, 0.25) is 5.91 Å². The molecule has 0 aromatic carbocycles. The third-order valence-electron chi connectivity index (χ3n) is 5.52. The Morgan fingerprint density at radius 2 is 1.55 bits per heavy atom. The van der Waals surface area contributed by atoms with Gasteiger partial charge in [-0.15, -0.1) is 0 Å². The first-order valence-electron chi connectivity index (χ1n) is 9.58. The van der Waals surface area contributed by atoms with E-state index in [0.29, 0.717) is 18.4 Å². The molecule has 2 heteroatoms. The second-order valence-electron chi connectivity index (χ2n) is 8.53. The fraction of sp³-hybridized carbons (Fsp3) is 0.950. The minimum absolute atomic E-state index is 0.0132. The summed E-state index contributed by atoms with van der Waals surface area (Å²) in [5, 5.41) is 0. The molecule has 130 valence electrons. The number of rotatable bonds is 4. The van der Waals surface area contributed by atoms with Crippen molar-refractivity contribution in [1.82, 2.24) is 4.90 Å². The lowest BCUT2D eigenvalue weighted by Gasteiger charge is -2.51. The molecule has 1 aliphatic heterocycles. The molecular formula is C20H39NO. The molecule has 0 aromatic rings. The lowest BCUT2D eigenvalue weighted by atomic mass is 9.74. The average molecular weight is 310 g/mol. The number of hydrogen-bond acceptors (Lipinski definition) is 1. The highest BCUT2D eigenvalue weighted by molar-refractivity contribution is 5.77. The largest absolute Gasteiger partial charge is 0.334 e. The summed E-state index contributed by atoms with van der Waals surface area (Å²) in [6.45, 7) is 13.7. The summed E-state index contributed by atoms with van der Waals surface area (Å²) in [5.41, 5.74) is 0.203. The number of carbonyl (C=O) groups is 1. The number of hydrogen-bond donors (Lipinski definition) is 0. The summed E-state index contributed by atoms with van der Waals surface area (Å²) in [6.07, 6.45) is 11.5. The highest BCUT2D eigenvalue weighted by Crippen LogP contribution is 2.40. The van der Waals surface area contributed by atoms with E-state index in [4.69, 9.17) is 0 Å². The van der Waals surface area contributed by atoms with Crippen LogP contribution in [0.2, 0.25) is 0 Å². The van der Waals surface area contributed by atoms with Crippen LogP contribution in [0.15, 0.2) is 0 Å². The van der Waals surface area contributed by atoms with E-state index >= 15 is 0 Å². The molecule has 0 saturated carbocycles. The van der Waals surface area contributed by atoms with E-state index in [9.17, 15) is 4.79 Å². The molecule has 0 unspecified atom stereocenters. The van der Waals surface area contributed by atoms with Crippen LogP contribution < -0.4 is 0 Å². The van der Waals surface area contributed by atoms with E-state index in [1.54, 1.807) is 0 Å². The molecule has 0 N–H and O–H groups in total. The third-order valence-corrected chi connectivity index (χ3v) is 5.52. The van der Waals surface area contributed by atoms with E-state index in [1.807, 2.05) is 0 Å². The van der Waals surface area contributed by atoms with Crippen LogP contribution in [0.5, 0.6) is 0 Å². The van der Waals surface area contributed by atoms with E-state index in [1.165, 1.54) is 32.1 Å². The zero-order valence-corrected chi connectivity index (χ0v) is 16.0. The van der Waals surface area contributed by atoms with Crippen LogP contribution in [0, 0.1) is 5.41 Å². The quantitative estimate of drug-likeness (QED) is 0.629. The zero-order chi connectivity index (χ0) is 16.8. The fourth-order valence-corrected chi connectivity index (χ4v) is 4.19. The lowest BCUT2D eigenvalue weighted by Crippen LogP contribution is -2.58. The van der Waals surface area contributed by atoms with Gasteiger partial charge in [0.05, 0.1) is 0 Å². The molecule has 2 nitrogen and oxygen atoms in total. The smallest absolute Gasteiger partial charge is 0.223 e. The van der Waals surface area contributed by atoms with Crippen molar-refractivity contribution in [3.63, 3.8) is 0 Å². The molecule has 0 aliphatic carbocycles. The molecule has 1 saturated heterocycles. The molecule has 1 aliphatic rings. The SMILES string of the molecule is CCCC(=O)N1[C@H](CCC)C(C)(C)CCCCCCC1(C)C. The predicted octanol–water partition coefficient (Wildman–Crippen LogP) is 5.94. The van der Waals surface area contributed by atoms with Gasteiger partial charge in [0, 0.05) is 18.0 Å². The van der Waals surface area contributed by atoms with E-state index < -0.39 is 0 Å². The van der Waals surface area contributed by atoms with Crippen LogP contribution in [0.3, 0.4) is 0 Å². The summed E-state index contributed by atoms with van der Waals surface area (Å²) in [4.78, 5) is 15.3. The minimum Gasteiger partial charge on any atom is -0.334 e. The number of amides is 1. The van der Waals surface area contributed by atoms with E-state index in [2.05, 4.69) is 46.4 Å². The molecule has 1 atom stereocenters. The molecule has 0 aromatic heterocycles. The topological polar surface area (TPSA) is 20.3 Å². The van der Waals surface area contributed by atoms with Crippen LogP contribution in [-0.2, 0) is 4.79 Å². The summed E-state index contributed by atoms with van der Waals surface area (Å²) in [6, 6.07) is 0.379. The van der Waals surface area contributed by atoms with Crippen molar-refractivity contribution in [3.05, 3.63) is 0 Å². The first-order valence-corrected chi connectivity index (χ1v) is 9.58. The minimum atomic E-state index is -0.0132. The van der Waals surface area contributed by atoms with Crippen LogP contribution >= 0.6 is 0 Å². The second-order valence-corrected chi connectivity index (χ2v) is 8.53. The van der Waals surface area contributed by atoms with Crippen LogP contribution in [-0.4, -0.2) is 22.4 Å². The fourth-order valence-electron chi connectivity index (χ4n) is 4.19. The van der Waals surface area contributed by atoms with Gasteiger partial charge in [-0.25, -0.2) is 0 Å². The average Bonchev–Trinajstić information content (AvgIpc) is 2.41. The summed E-state index contributed by atoms with van der Waals surface area (Å²) < 4.78 is 0. The van der Waals surface area contributed by atoms with Crippen LogP contribution in [0.1, 0.15) is 106 Å². The van der Waals surface area contributed by atoms with Gasteiger partial charge >= 0.3 is 0 Å². The molecule has 0 radical (unpaired) electrons. The second kappa shape index (κ2) is 8.36. The Kier molecular flexibility index (Phi) is 7.41. The summed E-state index contributed by atoms with van der Waals surface area (Å²) >= 11 is 0. The Morgan fingerprint density at radius 1 is 0.955 bits per heavy atom. The molecule has 1 amide bonds. The molecular weight excluding hydrogens is 270 g/mol. The summed E-state index contributed by atoms with van der Waals surface area (Å²) in [7, 11) is 0. The molecule has 1 heterocycles. The monoisotopic (exact) mass is 309 g/mol. The van der Waals surface area contributed by atoms with E-state index in [0.717, 1.165) is 25.7 Å². The van der Waals surface area contributed by atoms with Gasteiger partial charge in [-0.1, -0.05) is 59.8 Å². The van der Waals surface area contributed by atoms with Crippen LogP contribution in [0.25, 0.3) is 0 Å². The Labute approximate surface area is 139 Å². The standard InChI is InChI=1S/C20H39NO/c1-7-13-17-19(3,4)15-11-9-10-12-16-20(5,6)21(17)18(22)14-8-2/h17H,7-16H2,1-6H3/t17-/m1/s1. The van der Waals surface area contributed by atoms with Gasteiger partial charge in [0.25, 0.3) is 0 Å². The predicted molar refractivity (Wildman–Crippen MR) is 96.0 cm³/mol. The van der Waals surface area contributed by atoms with Crippen molar-refractivity contribution in [3.8, 4) is 0 Å². The Bertz CT molecular complexity index is 346. The van der Waals surface area contributed by atoms with Gasteiger partial charge in [0.15, 0.2) is 0 Å². The normalized spacial score (nSPS) is 25.7.